The van der Waals surface area contributed by atoms with E-state index in [9.17, 15) is 4.79 Å². The molecule has 2 heterocycles. The monoisotopic (exact) mass is 418 g/mol. The van der Waals surface area contributed by atoms with Gasteiger partial charge in [-0.15, -0.1) is 5.10 Å². The van der Waals surface area contributed by atoms with Crippen molar-refractivity contribution in [3.63, 3.8) is 0 Å². The lowest BCUT2D eigenvalue weighted by Crippen LogP contribution is -2.19. The summed E-state index contributed by atoms with van der Waals surface area (Å²) in [6.45, 7) is 5.93. The van der Waals surface area contributed by atoms with E-state index in [-0.39, 0.29) is 6.03 Å². The van der Waals surface area contributed by atoms with Crippen molar-refractivity contribution in [2.75, 3.05) is 10.6 Å². The van der Waals surface area contributed by atoms with Crippen LogP contribution >= 0.6 is 11.8 Å². The van der Waals surface area contributed by atoms with Gasteiger partial charge in [0, 0.05) is 22.0 Å². The first-order valence-corrected chi connectivity index (χ1v) is 10.5. The second kappa shape index (κ2) is 8.54. The number of benzene rings is 2. The molecule has 2 N–H and O–H groups in total. The van der Waals surface area contributed by atoms with Crippen molar-refractivity contribution < 1.29 is 4.79 Å². The third kappa shape index (κ3) is 4.60. The zero-order chi connectivity index (χ0) is 21.1. The Kier molecular flexibility index (Phi) is 5.67. The van der Waals surface area contributed by atoms with Crippen LogP contribution in [0.25, 0.3) is 5.78 Å². The van der Waals surface area contributed by atoms with Crippen LogP contribution in [0.3, 0.4) is 0 Å². The maximum absolute atomic E-state index is 12.2. The number of carbonyl (C=O) groups excluding carboxylic acids is 1. The van der Waals surface area contributed by atoms with Gasteiger partial charge in [-0.05, 0) is 62.7 Å². The normalized spacial score (nSPS) is 10.9. The van der Waals surface area contributed by atoms with Gasteiger partial charge in [-0.1, -0.05) is 36.4 Å². The molecule has 0 saturated heterocycles. The van der Waals surface area contributed by atoms with Crippen LogP contribution < -0.4 is 10.6 Å². The smallest absolute Gasteiger partial charge is 0.308 e. The zero-order valence-electron chi connectivity index (χ0n) is 17.0. The van der Waals surface area contributed by atoms with E-state index in [0.717, 1.165) is 39.0 Å². The molecule has 2 aromatic carbocycles. The minimum atomic E-state index is -0.277. The molecule has 0 aliphatic heterocycles. The fourth-order valence-electron chi connectivity index (χ4n) is 2.90. The molecular formula is C22H22N6OS. The SMILES string of the molecule is CCc1cc(Sc2ccc(NC(=O)Nc3ccc(C)cc3)cc2)n2nc(C)nc2n1. The number of amides is 2. The predicted molar refractivity (Wildman–Crippen MR) is 119 cm³/mol. The van der Waals surface area contributed by atoms with Crippen molar-refractivity contribution in [3.05, 3.63) is 71.7 Å². The molecule has 0 spiro atoms. The number of nitrogens with one attached hydrogen (secondary N) is 2. The van der Waals surface area contributed by atoms with E-state index in [1.807, 2.05) is 68.4 Å². The van der Waals surface area contributed by atoms with Gasteiger partial charge in [0.2, 0.25) is 0 Å². The van der Waals surface area contributed by atoms with Gasteiger partial charge >= 0.3 is 6.03 Å². The van der Waals surface area contributed by atoms with E-state index in [1.54, 1.807) is 16.3 Å². The van der Waals surface area contributed by atoms with Gasteiger partial charge in [0.25, 0.3) is 5.78 Å². The van der Waals surface area contributed by atoms with Crippen LogP contribution in [0.1, 0.15) is 24.0 Å². The molecule has 0 fully saturated rings. The first-order chi connectivity index (χ1) is 14.5. The number of fused-ring (bicyclic) bond motifs is 1. The minimum Gasteiger partial charge on any atom is -0.308 e. The molecule has 30 heavy (non-hydrogen) atoms. The molecule has 0 atom stereocenters. The number of aryl methyl sites for hydroxylation is 3. The Balaban J connectivity index is 1.45. The molecular weight excluding hydrogens is 396 g/mol. The minimum absolute atomic E-state index is 0.277. The van der Waals surface area contributed by atoms with E-state index in [1.165, 1.54) is 0 Å². The van der Waals surface area contributed by atoms with Crippen molar-refractivity contribution >= 4 is 34.9 Å². The van der Waals surface area contributed by atoms with Crippen LogP contribution in [-0.2, 0) is 6.42 Å². The van der Waals surface area contributed by atoms with Crippen LogP contribution in [0, 0.1) is 13.8 Å². The summed E-state index contributed by atoms with van der Waals surface area (Å²) in [4.78, 5) is 22.1. The molecule has 4 aromatic rings. The molecule has 152 valence electrons. The summed E-state index contributed by atoms with van der Waals surface area (Å²) in [6, 6.07) is 17.1. The highest BCUT2D eigenvalue weighted by molar-refractivity contribution is 7.99. The number of urea groups is 1. The molecule has 2 aromatic heterocycles. The Hall–Kier alpha value is -3.39. The first-order valence-electron chi connectivity index (χ1n) is 9.66. The molecule has 0 unspecified atom stereocenters. The van der Waals surface area contributed by atoms with Gasteiger partial charge in [0.1, 0.15) is 10.9 Å². The number of rotatable bonds is 5. The molecule has 0 saturated carbocycles. The van der Waals surface area contributed by atoms with Crippen molar-refractivity contribution in [1.29, 1.82) is 0 Å². The summed E-state index contributed by atoms with van der Waals surface area (Å²) in [7, 11) is 0. The van der Waals surface area contributed by atoms with E-state index >= 15 is 0 Å². The summed E-state index contributed by atoms with van der Waals surface area (Å²) in [5.74, 6) is 1.30. The maximum Gasteiger partial charge on any atom is 0.323 e. The lowest BCUT2D eigenvalue weighted by molar-refractivity contribution is 0.262. The highest BCUT2D eigenvalue weighted by atomic mass is 32.2. The number of anilines is 2. The topological polar surface area (TPSA) is 84.2 Å². The first kappa shape index (κ1) is 19.9. The maximum atomic E-state index is 12.2. The fourth-order valence-corrected chi connectivity index (χ4v) is 3.82. The number of hydrogen-bond donors (Lipinski definition) is 2. The Morgan fingerprint density at radius 3 is 2.23 bits per heavy atom. The summed E-state index contributed by atoms with van der Waals surface area (Å²) < 4.78 is 1.76. The van der Waals surface area contributed by atoms with E-state index in [0.29, 0.717) is 11.6 Å². The lowest BCUT2D eigenvalue weighted by atomic mass is 10.2. The van der Waals surface area contributed by atoms with Gasteiger partial charge in [0.05, 0.1) is 0 Å². The Bertz CT molecular complexity index is 1180. The number of aromatic nitrogens is 4. The van der Waals surface area contributed by atoms with Crippen molar-refractivity contribution in [2.45, 2.75) is 37.1 Å². The van der Waals surface area contributed by atoms with Crippen LogP contribution in [0.2, 0.25) is 0 Å². The molecule has 0 bridgehead atoms. The Morgan fingerprint density at radius 1 is 0.967 bits per heavy atom. The standard InChI is InChI=1S/C22H22N6OS/c1-4-16-13-20(28-21(24-16)23-15(3)27-28)30-19-11-9-18(10-12-19)26-22(29)25-17-7-5-14(2)6-8-17/h5-13H,4H2,1-3H3,(H2,25,26,29). The summed E-state index contributed by atoms with van der Waals surface area (Å²) in [6.07, 6.45) is 0.828. The zero-order valence-corrected chi connectivity index (χ0v) is 17.8. The fraction of sp³-hybridized carbons (Fsp3) is 0.182. The molecule has 0 aliphatic carbocycles. The van der Waals surface area contributed by atoms with Gasteiger partial charge in [0.15, 0.2) is 0 Å². The average molecular weight is 419 g/mol. The quantitative estimate of drug-likeness (QED) is 0.441. The number of hydrogen-bond acceptors (Lipinski definition) is 5. The van der Waals surface area contributed by atoms with Gasteiger partial charge in [-0.25, -0.2) is 9.78 Å². The third-order valence-electron chi connectivity index (χ3n) is 4.44. The highest BCUT2D eigenvalue weighted by Gasteiger charge is 2.11. The van der Waals surface area contributed by atoms with E-state index in [4.69, 9.17) is 0 Å². The lowest BCUT2D eigenvalue weighted by Gasteiger charge is -2.09. The molecule has 7 nitrogen and oxygen atoms in total. The van der Waals surface area contributed by atoms with Crippen molar-refractivity contribution in [1.82, 2.24) is 19.6 Å². The molecule has 4 rings (SSSR count). The molecule has 0 radical (unpaired) electrons. The summed E-state index contributed by atoms with van der Waals surface area (Å²) in [5.41, 5.74) is 3.59. The van der Waals surface area contributed by atoms with E-state index < -0.39 is 0 Å². The number of carbonyl (C=O) groups is 1. The van der Waals surface area contributed by atoms with Gasteiger partial charge in [-0.2, -0.15) is 9.50 Å². The van der Waals surface area contributed by atoms with Gasteiger partial charge < -0.3 is 10.6 Å². The summed E-state index contributed by atoms with van der Waals surface area (Å²) >= 11 is 1.58. The van der Waals surface area contributed by atoms with Crippen LogP contribution in [0.15, 0.2) is 64.5 Å². The Morgan fingerprint density at radius 2 is 1.60 bits per heavy atom. The van der Waals surface area contributed by atoms with Crippen LogP contribution in [0.4, 0.5) is 16.2 Å². The second-order valence-electron chi connectivity index (χ2n) is 6.88. The average Bonchev–Trinajstić information content (AvgIpc) is 3.11. The second-order valence-corrected chi connectivity index (χ2v) is 7.98. The van der Waals surface area contributed by atoms with Crippen LogP contribution in [0.5, 0.6) is 0 Å². The summed E-state index contributed by atoms with van der Waals surface area (Å²) in [5, 5.41) is 11.1. The largest absolute Gasteiger partial charge is 0.323 e. The predicted octanol–water partition coefficient (Wildman–Crippen LogP) is 5.10. The third-order valence-corrected chi connectivity index (χ3v) is 5.45. The van der Waals surface area contributed by atoms with Crippen molar-refractivity contribution in [3.8, 4) is 0 Å². The number of nitrogens with zero attached hydrogens (tertiary/aromatic N) is 4. The van der Waals surface area contributed by atoms with Gasteiger partial charge in [-0.3, -0.25) is 0 Å². The highest BCUT2D eigenvalue weighted by Crippen LogP contribution is 2.29. The van der Waals surface area contributed by atoms with Crippen LogP contribution in [-0.4, -0.2) is 25.6 Å². The molecule has 0 aliphatic rings. The molecule has 8 heteroatoms. The molecule has 2 amide bonds. The Labute approximate surface area is 179 Å². The van der Waals surface area contributed by atoms with Crippen molar-refractivity contribution in [2.24, 2.45) is 0 Å². The van der Waals surface area contributed by atoms with E-state index in [2.05, 4.69) is 32.6 Å².